The van der Waals surface area contributed by atoms with Gasteiger partial charge in [0.15, 0.2) is 0 Å². The second kappa shape index (κ2) is 9.49. The first-order valence-corrected chi connectivity index (χ1v) is 13.4. The number of rotatable bonds is 5. The standard InChI is InChI=1S/C28H36N4OS/c1-19(2)15-16-29-28(33)32-18-23-22-8-5-6-10-25(22)34-27(23)31-17-7-9-24(31)26(32)20-11-13-21(14-12-20)30(3)4/h7,9,11-14,17,19,26H,5-6,8,10,15-16,18H2,1-4H3,(H,29,33). The number of thiophene rings is 1. The first-order valence-electron chi connectivity index (χ1n) is 12.6. The zero-order valence-corrected chi connectivity index (χ0v) is 21.6. The minimum atomic E-state index is -0.135. The summed E-state index contributed by atoms with van der Waals surface area (Å²) in [5.41, 5.74) is 6.31. The molecule has 0 fully saturated rings. The number of hydrogen-bond acceptors (Lipinski definition) is 3. The molecule has 2 aliphatic rings. The smallest absolute Gasteiger partial charge is 0.318 e. The van der Waals surface area contributed by atoms with Crippen molar-refractivity contribution in [3.63, 3.8) is 0 Å². The maximum atomic E-state index is 13.7. The number of amides is 2. The number of aromatic nitrogens is 1. The number of fused-ring (bicyclic) bond motifs is 5. The van der Waals surface area contributed by atoms with Crippen LogP contribution >= 0.6 is 11.3 Å². The van der Waals surface area contributed by atoms with Gasteiger partial charge in [-0.15, -0.1) is 11.3 Å². The van der Waals surface area contributed by atoms with Crippen LogP contribution in [0.5, 0.6) is 0 Å². The van der Waals surface area contributed by atoms with Gasteiger partial charge >= 0.3 is 6.03 Å². The van der Waals surface area contributed by atoms with Gasteiger partial charge in [-0.25, -0.2) is 4.79 Å². The Balaban J connectivity index is 1.60. The molecule has 1 aliphatic heterocycles. The van der Waals surface area contributed by atoms with Crippen molar-refractivity contribution in [2.45, 2.75) is 58.5 Å². The molecular formula is C28H36N4OS. The summed E-state index contributed by atoms with van der Waals surface area (Å²) >= 11 is 1.94. The summed E-state index contributed by atoms with van der Waals surface area (Å²) in [5.74, 6) is 0.562. The predicted molar refractivity (Wildman–Crippen MR) is 141 cm³/mol. The molecule has 5 nitrogen and oxygen atoms in total. The third-order valence-electron chi connectivity index (χ3n) is 7.16. The molecule has 0 saturated heterocycles. The molecule has 0 bridgehead atoms. The van der Waals surface area contributed by atoms with Gasteiger partial charge in [-0.2, -0.15) is 0 Å². The fourth-order valence-electron chi connectivity index (χ4n) is 5.26. The monoisotopic (exact) mass is 476 g/mol. The molecular weight excluding hydrogens is 440 g/mol. The summed E-state index contributed by atoms with van der Waals surface area (Å²) in [5, 5.41) is 4.54. The third kappa shape index (κ3) is 4.24. The highest BCUT2D eigenvalue weighted by molar-refractivity contribution is 7.15. The molecule has 34 heavy (non-hydrogen) atoms. The highest BCUT2D eigenvalue weighted by Gasteiger charge is 2.36. The number of hydrogen-bond donors (Lipinski definition) is 1. The van der Waals surface area contributed by atoms with Crippen molar-refractivity contribution < 1.29 is 4.79 Å². The maximum Gasteiger partial charge on any atom is 0.318 e. The van der Waals surface area contributed by atoms with E-state index < -0.39 is 0 Å². The number of nitrogens with zero attached hydrogens (tertiary/aromatic N) is 3. The summed E-state index contributed by atoms with van der Waals surface area (Å²) < 4.78 is 2.35. The highest BCUT2D eigenvalue weighted by atomic mass is 32.1. The molecule has 3 heterocycles. The molecule has 1 N–H and O–H groups in total. The van der Waals surface area contributed by atoms with Gasteiger partial charge in [0.05, 0.1) is 18.3 Å². The van der Waals surface area contributed by atoms with Crippen molar-refractivity contribution in [3.8, 4) is 5.00 Å². The lowest BCUT2D eigenvalue weighted by molar-refractivity contribution is 0.180. The lowest BCUT2D eigenvalue weighted by atomic mass is 9.95. The van der Waals surface area contributed by atoms with Crippen LogP contribution in [0.3, 0.4) is 0 Å². The summed E-state index contributed by atoms with van der Waals surface area (Å²) in [6, 6.07) is 12.9. The van der Waals surface area contributed by atoms with Crippen molar-refractivity contribution in [2.75, 3.05) is 25.5 Å². The first-order chi connectivity index (χ1) is 16.4. The molecule has 1 atom stereocenters. The Morgan fingerprint density at radius 3 is 2.62 bits per heavy atom. The number of urea groups is 1. The van der Waals surface area contributed by atoms with Crippen LogP contribution in [0.4, 0.5) is 10.5 Å². The number of carbonyl (C=O) groups excluding carboxylic acids is 1. The summed E-state index contributed by atoms with van der Waals surface area (Å²) in [7, 11) is 4.11. The number of anilines is 1. The van der Waals surface area contributed by atoms with Gasteiger partial charge in [-0.05, 0) is 73.4 Å². The lowest BCUT2D eigenvalue weighted by Crippen LogP contribution is -2.42. The zero-order valence-electron chi connectivity index (χ0n) is 20.8. The Morgan fingerprint density at radius 2 is 1.88 bits per heavy atom. The van der Waals surface area contributed by atoms with Gasteiger partial charge in [-0.1, -0.05) is 26.0 Å². The fourth-order valence-corrected chi connectivity index (χ4v) is 6.67. The molecule has 1 aliphatic carbocycles. The van der Waals surface area contributed by atoms with Crippen molar-refractivity contribution in [3.05, 3.63) is 69.9 Å². The second-order valence-corrected chi connectivity index (χ2v) is 11.3. The Bertz CT molecular complexity index is 1160. The van der Waals surface area contributed by atoms with E-state index in [0.29, 0.717) is 19.0 Å². The minimum Gasteiger partial charge on any atom is -0.378 e. The Morgan fingerprint density at radius 1 is 1.12 bits per heavy atom. The van der Waals surface area contributed by atoms with Gasteiger partial charge in [0.1, 0.15) is 5.00 Å². The average Bonchev–Trinajstić information content (AvgIpc) is 3.41. The number of benzene rings is 1. The first kappa shape index (κ1) is 23.0. The maximum absolute atomic E-state index is 13.7. The van der Waals surface area contributed by atoms with Gasteiger partial charge in [-0.3, -0.25) is 0 Å². The SMILES string of the molecule is CC(C)CCNC(=O)N1Cc2c(sc3c2CCCC3)-n2cccc2C1c1ccc(N(C)C)cc1. The van der Waals surface area contributed by atoms with E-state index in [2.05, 4.69) is 90.2 Å². The normalized spacial score (nSPS) is 17.1. The molecule has 1 unspecified atom stereocenters. The second-order valence-electron chi connectivity index (χ2n) is 10.2. The van der Waals surface area contributed by atoms with E-state index in [4.69, 9.17) is 0 Å². The van der Waals surface area contributed by atoms with Crippen LogP contribution in [0.25, 0.3) is 5.00 Å². The molecule has 0 saturated carbocycles. The van der Waals surface area contributed by atoms with E-state index in [-0.39, 0.29) is 12.1 Å². The predicted octanol–water partition coefficient (Wildman–Crippen LogP) is 6.14. The number of carbonyl (C=O) groups is 1. The molecule has 0 spiro atoms. The third-order valence-corrected chi connectivity index (χ3v) is 8.50. The Hall–Kier alpha value is -2.73. The van der Waals surface area contributed by atoms with E-state index in [1.165, 1.54) is 40.3 Å². The van der Waals surface area contributed by atoms with Crippen molar-refractivity contribution in [2.24, 2.45) is 5.92 Å². The van der Waals surface area contributed by atoms with E-state index >= 15 is 0 Å². The highest BCUT2D eigenvalue weighted by Crippen LogP contribution is 2.44. The largest absolute Gasteiger partial charge is 0.378 e. The minimum absolute atomic E-state index is 0.0266. The van der Waals surface area contributed by atoms with Crippen LogP contribution in [0, 0.1) is 5.92 Å². The van der Waals surface area contributed by atoms with Crippen molar-refractivity contribution in [1.29, 1.82) is 0 Å². The van der Waals surface area contributed by atoms with Gasteiger partial charge < -0.3 is 19.7 Å². The van der Waals surface area contributed by atoms with Gasteiger partial charge in [0.2, 0.25) is 0 Å². The lowest BCUT2D eigenvalue weighted by Gasteiger charge is -2.32. The number of aryl methyl sites for hydroxylation is 1. The van der Waals surface area contributed by atoms with E-state index in [9.17, 15) is 4.79 Å². The summed E-state index contributed by atoms with van der Waals surface area (Å²) in [6.07, 6.45) is 7.97. The van der Waals surface area contributed by atoms with E-state index in [1.807, 2.05) is 11.3 Å². The summed E-state index contributed by atoms with van der Waals surface area (Å²) in [4.78, 5) is 19.4. The van der Waals surface area contributed by atoms with Crippen LogP contribution in [0.2, 0.25) is 0 Å². The fraction of sp³-hybridized carbons (Fsp3) is 0.464. The van der Waals surface area contributed by atoms with Crippen LogP contribution in [0.15, 0.2) is 42.6 Å². The Kier molecular flexibility index (Phi) is 6.43. The van der Waals surface area contributed by atoms with Crippen LogP contribution < -0.4 is 10.2 Å². The zero-order chi connectivity index (χ0) is 23.8. The van der Waals surface area contributed by atoms with Crippen LogP contribution in [0.1, 0.15) is 66.4 Å². The van der Waals surface area contributed by atoms with Crippen LogP contribution in [-0.2, 0) is 19.4 Å². The molecule has 0 radical (unpaired) electrons. The molecule has 1 aromatic carbocycles. The topological polar surface area (TPSA) is 40.5 Å². The quantitative estimate of drug-likeness (QED) is 0.480. The summed E-state index contributed by atoms with van der Waals surface area (Å²) in [6.45, 7) is 5.75. The van der Waals surface area contributed by atoms with Gasteiger partial charge in [0, 0.05) is 43.0 Å². The van der Waals surface area contributed by atoms with E-state index in [0.717, 1.165) is 29.8 Å². The molecule has 3 aromatic rings. The van der Waals surface area contributed by atoms with E-state index in [1.54, 1.807) is 0 Å². The Labute approximate surface area is 207 Å². The molecule has 180 valence electrons. The van der Waals surface area contributed by atoms with Crippen LogP contribution in [-0.4, -0.2) is 36.1 Å². The molecule has 2 aromatic heterocycles. The molecule has 6 heteroatoms. The molecule has 5 rings (SSSR count). The number of nitrogens with one attached hydrogen (secondary N) is 1. The van der Waals surface area contributed by atoms with Crippen molar-refractivity contribution in [1.82, 2.24) is 14.8 Å². The average molecular weight is 477 g/mol. The van der Waals surface area contributed by atoms with Crippen molar-refractivity contribution >= 4 is 23.1 Å². The molecule has 2 amide bonds. The van der Waals surface area contributed by atoms with Gasteiger partial charge in [0.25, 0.3) is 0 Å².